The van der Waals surface area contributed by atoms with Crippen molar-refractivity contribution >= 4 is 11.0 Å². The Hall–Kier alpha value is -2.13. The summed E-state index contributed by atoms with van der Waals surface area (Å²) in [5.74, 6) is 1.24. The van der Waals surface area contributed by atoms with Gasteiger partial charge in [0.05, 0.1) is 17.6 Å². The van der Waals surface area contributed by atoms with E-state index < -0.39 is 0 Å². The van der Waals surface area contributed by atoms with E-state index in [-0.39, 0.29) is 0 Å². The summed E-state index contributed by atoms with van der Waals surface area (Å²) in [6.07, 6.45) is 4.15. The van der Waals surface area contributed by atoms with Crippen LogP contribution in [-0.2, 0) is 13.1 Å². The van der Waals surface area contributed by atoms with Gasteiger partial charge in [0.15, 0.2) is 0 Å². The van der Waals surface area contributed by atoms with Gasteiger partial charge < -0.3 is 4.57 Å². The highest BCUT2D eigenvalue weighted by molar-refractivity contribution is 5.82. The number of aromatic nitrogens is 2. The maximum absolute atomic E-state index is 4.97. The van der Waals surface area contributed by atoms with Crippen LogP contribution in [0.1, 0.15) is 30.7 Å². The summed E-state index contributed by atoms with van der Waals surface area (Å²) in [7, 11) is 0. The molecule has 122 valence electrons. The van der Waals surface area contributed by atoms with E-state index in [9.17, 15) is 0 Å². The van der Waals surface area contributed by atoms with Crippen molar-refractivity contribution in [3.63, 3.8) is 0 Å². The minimum Gasteiger partial charge on any atom is -0.326 e. The number of fused-ring (bicyclic) bond motifs is 3. The van der Waals surface area contributed by atoms with Crippen LogP contribution in [0.4, 0.5) is 0 Å². The SMILES string of the molecule is Cc1ccc(-c2ccc3c(c2)nc2n3CCN(C3CCC3)C2)cc1. The second-order valence-electron chi connectivity index (χ2n) is 7.30. The lowest BCUT2D eigenvalue weighted by Crippen LogP contribution is -2.44. The third-order valence-electron chi connectivity index (χ3n) is 5.76. The van der Waals surface area contributed by atoms with Gasteiger partial charge in [-0.15, -0.1) is 0 Å². The molecule has 0 spiro atoms. The van der Waals surface area contributed by atoms with E-state index in [1.807, 2.05) is 0 Å². The molecule has 5 rings (SSSR count). The van der Waals surface area contributed by atoms with Crippen LogP contribution in [0.15, 0.2) is 42.5 Å². The molecule has 1 fully saturated rings. The lowest BCUT2D eigenvalue weighted by molar-refractivity contribution is 0.0966. The van der Waals surface area contributed by atoms with Gasteiger partial charge >= 0.3 is 0 Å². The molecular weight excluding hydrogens is 294 g/mol. The molecule has 1 aliphatic carbocycles. The van der Waals surface area contributed by atoms with E-state index in [4.69, 9.17) is 4.98 Å². The van der Waals surface area contributed by atoms with Crippen molar-refractivity contribution in [2.45, 2.75) is 45.3 Å². The molecule has 0 radical (unpaired) electrons. The predicted molar refractivity (Wildman–Crippen MR) is 98.0 cm³/mol. The van der Waals surface area contributed by atoms with Gasteiger partial charge in [-0.3, -0.25) is 4.90 Å². The number of hydrogen-bond acceptors (Lipinski definition) is 2. The van der Waals surface area contributed by atoms with Crippen LogP contribution in [0, 0.1) is 6.92 Å². The lowest BCUT2D eigenvalue weighted by Gasteiger charge is -2.39. The Kier molecular flexibility index (Phi) is 3.23. The van der Waals surface area contributed by atoms with Gasteiger partial charge in [-0.25, -0.2) is 4.98 Å². The van der Waals surface area contributed by atoms with Crippen LogP contribution in [-0.4, -0.2) is 27.0 Å². The summed E-state index contributed by atoms with van der Waals surface area (Å²) < 4.78 is 2.42. The molecule has 2 aliphatic rings. The Morgan fingerprint density at radius 1 is 0.958 bits per heavy atom. The minimum absolute atomic E-state index is 0.807. The fourth-order valence-electron chi connectivity index (χ4n) is 4.03. The molecule has 3 heteroatoms. The lowest BCUT2D eigenvalue weighted by atomic mass is 9.91. The van der Waals surface area contributed by atoms with Crippen molar-refractivity contribution in [2.75, 3.05) is 6.54 Å². The quantitative estimate of drug-likeness (QED) is 0.699. The van der Waals surface area contributed by atoms with E-state index in [0.29, 0.717) is 0 Å². The number of hydrogen-bond donors (Lipinski definition) is 0. The first-order valence-electron chi connectivity index (χ1n) is 9.08. The molecule has 2 heterocycles. The van der Waals surface area contributed by atoms with Gasteiger partial charge in [0.2, 0.25) is 0 Å². The molecule has 1 aliphatic heterocycles. The van der Waals surface area contributed by atoms with Crippen molar-refractivity contribution < 1.29 is 0 Å². The summed E-state index contributed by atoms with van der Waals surface area (Å²) in [5.41, 5.74) is 6.25. The molecule has 0 amide bonds. The van der Waals surface area contributed by atoms with Crippen molar-refractivity contribution in [1.29, 1.82) is 0 Å². The highest BCUT2D eigenvalue weighted by Gasteiger charge is 2.29. The fraction of sp³-hybridized carbons (Fsp3) is 0.381. The first-order valence-corrected chi connectivity index (χ1v) is 9.08. The van der Waals surface area contributed by atoms with Gasteiger partial charge in [-0.1, -0.05) is 42.3 Å². The molecule has 3 aromatic rings. The van der Waals surface area contributed by atoms with Crippen LogP contribution in [0.25, 0.3) is 22.2 Å². The Bertz CT molecular complexity index is 887. The minimum atomic E-state index is 0.807. The maximum atomic E-state index is 4.97. The van der Waals surface area contributed by atoms with E-state index in [1.54, 1.807) is 0 Å². The topological polar surface area (TPSA) is 21.1 Å². The summed E-state index contributed by atoms with van der Waals surface area (Å²) in [5, 5.41) is 0. The number of rotatable bonds is 2. The summed E-state index contributed by atoms with van der Waals surface area (Å²) >= 11 is 0. The summed E-state index contributed by atoms with van der Waals surface area (Å²) in [4.78, 5) is 7.60. The zero-order chi connectivity index (χ0) is 16.1. The van der Waals surface area contributed by atoms with Crippen molar-refractivity contribution in [3.8, 4) is 11.1 Å². The van der Waals surface area contributed by atoms with Gasteiger partial charge in [-0.2, -0.15) is 0 Å². The smallest absolute Gasteiger partial charge is 0.124 e. The first kappa shape index (κ1) is 14.2. The maximum Gasteiger partial charge on any atom is 0.124 e. The normalized spacial score (nSPS) is 18.5. The van der Waals surface area contributed by atoms with E-state index >= 15 is 0 Å². The van der Waals surface area contributed by atoms with Crippen molar-refractivity contribution in [2.24, 2.45) is 0 Å². The molecule has 1 aromatic heterocycles. The van der Waals surface area contributed by atoms with E-state index in [2.05, 4.69) is 58.9 Å². The van der Waals surface area contributed by atoms with Gasteiger partial charge in [0.25, 0.3) is 0 Å². The molecule has 1 saturated carbocycles. The highest BCUT2D eigenvalue weighted by atomic mass is 15.3. The van der Waals surface area contributed by atoms with Crippen LogP contribution < -0.4 is 0 Å². The average molecular weight is 317 g/mol. The van der Waals surface area contributed by atoms with Crippen LogP contribution in [0.3, 0.4) is 0 Å². The standard InChI is InChI=1S/C21H23N3/c1-15-5-7-16(8-6-15)17-9-10-20-19(13-17)22-21-14-23(11-12-24(20)21)18-3-2-4-18/h5-10,13,18H,2-4,11-12,14H2,1H3. The zero-order valence-electron chi connectivity index (χ0n) is 14.2. The molecule has 0 bridgehead atoms. The van der Waals surface area contributed by atoms with E-state index in [0.717, 1.165) is 24.6 Å². The average Bonchev–Trinajstić information content (AvgIpc) is 2.90. The van der Waals surface area contributed by atoms with Crippen LogP contribution >= 0.6 is 0 Å². The van der Waals surface area contributed by atoms with Gasteiger partial charge in [0, 0.05) is 19.1 Å². The molecule has 0 atom stereocenters. The Morgan fingerprint density at radius 2 is 1.75 bits per heavy atom. The molecule has 2 aromatic carbocycles. The predicted octanol–water partition coefficient (Wildman–Crippen LogP) is 4.38. The molecule has 0 N–H and O–H groups in total. The molecular formula is C21H23N3. The Labute approximate surface area is 142 Å². The second-order valence-corrected chi connectivity index (χ2v) is 7.30. The zero-order valence-corrected chi connectivity index (χ0v) is 14.2. The molecule has 0 saturated heterocycles. The Morgan fingerprint density at radius 3 is 2.50 bits per heavy atom. The Balaban J connectivity index is 1.51. The molecule has 24 heavy (non-hydrogen) atoms. The number of nitrogens with zero attached hydrogens (tertiary/aromatic N) is 3. The van der Waals surface area contributed by atoms with Crippen LogP contribution in [0.5, 0.6) is 0 Å². The van der Waals surface area contributed by atoms with Crippen LogP contribution in [0.2, 0.25) is 0 Å². The fourth-order valence-corrected chi connectivity index (χ4v) is 4.03. The van der Waals surface area contributed by atoms with Gasteiger partial charge in [-0.05, 0) is 43.0 Å². The highest BCUT2D eigenvalue weighted by Crippen LogP contribution is 2.31. The molecule has 0 unspecified atom stereocenters. The number of aryl methyl sites for hydroxylation is 1. The first-order chi connectivity index (χ1) is 11.8. The van der Waals surface area contributed by atoms with Gasteiger partial charge in [0.1, 0.15) is 5.82 Å². The monoisotopic (exact) mass is 317 g/mol. The van der Waals surface area contributed by atoms with Crippen molar-refractivity contribution in [1.82, 2.24) is 14.5 Å². The third kappa shape index (κ3) is 2.27. The van der Waals surface area contributed by atoms with E-state index in [1.165, 1.54) is 53.8 Å². The largest absolute Gasteiger partial charge is 0.326 e. The third-order valence-corrected chi connectivity index (χ3v) is 5.76. The van der Waals surface area contributed by atoms with Crippen molar-refractivity contribution in [3.05, 3.63) is 53.9 Å². The number of imidazole rings is 1. The summed E-state index contributed by atoms with van der Waals surface area (Å²) in [6.45, 7) is 5.39. The molecule has 3 nitrogen and oxygen atoms in total. The second kappa shape index (κ2) is 5.45. The summed E-state index contributed by atoms with van der Waals surface area (Å²) in [6, 6.07) is 16.3. The number of benzene rings is 2.